The van der Waals surface area contributed by atoms with Gasteiger partial charge in [-0.2, -0.15) is 5.10 Å². The van der Waals surface area contributed by atoms with Crippen LogP contribution in [0.1, 0.15) is 57.7 Å². The van der Waals surface area contributed by atoms with Crippen LogP contribution in [0, 0.1) is 0 Å². The van der Waals surface area contributed by atoms with Gasteiger partial charge in [0, 0.05) is 12.6 Å². The van der Waals surface area contributed by atoms with Crippen molar-refractivity contribution in [3.63, 3.8) is 0 Å². The Labute approximate surface area is 115 Å². The van der Waals surface area contributed by atoms with E-state index in [2.05, 4.69) is 36.9 Å². The van der Waals surface area contributed by atoms with Crippen LogP contribution in [0.5, 0.6) is 0 Å². The third-order valence-electron chi connectivity index (χ3n) is 3.78. The lowest BCUT2D eigenvalue weighted by atomic mass is 9.96. The Kier molecular flexibility index (Phi) is 4.87. The summed E-state index contributed by atoms with van der Waals surface area (Å²) in [6, 6.07) is 2.69. The topological polar surface area (TPSA) is 17.8 Å². The number of hydrogen-bond acceptors (Lipinski definition) is 1. The van der Waals surface area contributed by atoms with E-state index >= 15 is 0 Å². The van der Waals surface area contributed by atoms with Gasteiger partial charge in [0.2, 0.25) is 0 Å². The Morgan fingerprint density at radius 3 is 2.89 bits per heavy atom. The molecule has 1 atom stereocenters. The molecule has 0 aromatic carbocycles. The van der Waals surface area contributed by atoms with Crippen LogP contribution in [0.2, 0.25) is 0 Å². The Balaban J connectivity index is 2.02. The Hall–Kier alpha value is -0.760. The molecule has 2 nitrogen and oxygen atoms in total. The number of halogens is 1. The molecule has 2 rings (SSSR count). The molecule has 0 fully saturated rings. The van der Waals surface area contributed by atoms with Crippen LogP contribution in [0.15, 0.2) is 23.9 Å². The summed E-state index contributed by atoms with van der Waals surface area (Å²) in [7, 11) is 0. The minimum atomic E-state index is 0.231. The van der Waals surface area contributed by atoms with Gasteiger partial charge in [-0.05, 0) is 38.2 Å². The van der Waals surface area contributed by atoms with E-state index in [9.17, 15) is 0 Å². The molecule has 1 aromatic heterocycles. The molecule has 1 aliphatic carbocycles. The van der Waals surface area contributed by atoms with E-state index < -0.39 is 0 Å². The fourth-order valence-electron chi connectivity index (χ4n) is 2.66. The van der Waals surface area contributed by atoms with Gasteiger partial charge >= 0.3 is 0 Å². The summed E-state index contributed by atoms with van der Waals surface area (Å²) in [5.41, 5.74) is 2.63. The van der Waals surface area contributed by atoms with Gasteiger partial charge in [-0.1, -0.05) is 25.5 Å². The van der Waals surface area contributed by atoms with Crippen molar-refractivity contribution in [3.8, 4) is 0 Å². The maximum atomic E-state index is 6.18. The highest BCUT2D eigenvalue weighted by Crippen LogP contribution is 2.24. The molecule has 1 unspecified atom stereocenters. The van der Waals surface area contributed by atoms with Crippen molar-refractivity contribution in [2.24, 2.45) is 0 Å². The summed E-state index contributed by atoms with van der Waals surface area (Å²) in [6.45, 7) is 4.44. The van der Waals surface area contributed by atoms with Crippen molar-refractivity contribution >= 4 is 11.6 Å². The third kappa shape index (κ3) is 3.38. The van der Waals surface area contributed by atoms with Crippen molar-refractivity contribution in [2.45, 2.75) is 63.8 Å². The van der Waals surface area contributed by atoms with Gasteiger partial charge in [-0.25, -0.2) is 0 Å². The lowest BCUT2D eigenvalue weighted by molar-refractivity contribution is 0.426. The largest absolute Gasteiger partial charge is 0.269 e. The third-order valence-corrected chi connectivity index (χ3v) is 4.13. The average molecular weight is 267 g/mol. The lowest BCUT2D eigenvalue weighted by Gasteiger charge is -2.16. The number of aromatic nitrogens is 2. The van der Waals surface area contributed by atoms with Gasteiger partial charge in [0.1, 0.15) is 0 Å². The van der Waals surface area contributed by atoms with Gasteiger partial charge < -0.3 is 0 Å². The van der Waals surface area contributed by atoms with Crippen LogP contribution in [0.25, 0.3) is 0 Å². The van der Waals surface area contributed by atoms with Crippen molar-refractivity contribution < 1.29 is 0 Å². The van der Waals surface area contributed by atoms with Crippen LogP contribution in [-0.4, -0.2) is 15.2 Å². The maximum Gasteiger partial charge on any atom is 0.0665 e. The van der Waals surface area contributed by atoms with Gasteiger partial charge in [0.05, 0.1) is 17.1 Å². The molecule has 3 heteroatoms. The summed E-state index contributed by atoms with van der Waals surface area (Å²) in [6.07, 6.45) is 11.1. The molecule has 0 radical (unpaired) electrons. The van der Waals surface area contributed by atoms with Crippen LogP contribution in [0.4, 0.5) is 0 Å². The number of allylic oxidation sites excluding steroid dienone is 2. The highest BCUT2D eigenvalue weighted by atomic mass is 35.5. The minimum Gasteiger partial charge on any atom is -0.269 e. The van der Waals surface area contributed by atoms with Crippen molar-refractivity contribution in [2.75, 3.05) is 0 Å². The minimum absolute atomic E-state index is 0.231. The quantitative estimate of drug-likeness (QED) is 0.567. The predicted octanol–water partition coefficient (Wildman–Crippen LogP) is 4.50. The SMILES string of the molecule is CCC(CC)n1ccc(CC2=CC(Cl)CCC2)n1. The summed E-state index contributed by atoms with van der Waals surface area (Å²) in [5, 5.41) is 4.94. The Morgan fingerprint density at radius 1 is 1.44 bits per heavy atom. The second-order valence-corrected chi connectivity index (χ2v) is 5.73. The highest BCUT2D eigenvalue weighted by Gasteiger charge is 2.13. The van der Waals surface area contributed by atoms with E-state index in [4.69, 9.17) is 16.7 Å². The van der Waals surface area contributed by atoms with Gasteiger partial charge in [0.15, 0.2) is 0 Å². The fraction of sp³-hybridized carbons (Fsp3) is 0.667. The van der Waals surface area contributed by atoms with E-state index in [-0.39, 0.29) is 5.38 Å². The zero-order valence-electron chi connectivity index (χ0n) is 11.4. The average Bonchev–Trinajstić information content (AvgIpc) is 2.79. The Bertz CT molecular complexity index is 404. The molecular formula is C15H23ClN2. The second kappa shape index (κ2) is 6.42. The number of alkyl halides is 1. The molecule has 1 aliphatic rings. The normalized spacial score (nSPS) is 20.2. The molecule has 0 spiro atoms. The van der Waals surface area contributed by atoms with E-state index in [0.29, 0.717) is 6.04 Å². The summed E-state index contributed by atoms with van der Waals surface area (Å²) < 4.78 is 2.12. The number of nitrogens with zero attached hydrogens (tertiary/aromatic N) is 2. The molecule has 18 heavy (non-hydrogen) atoms. The molecular weight excluding hydrogens is 244 g/mol. The first kappa shape index (κ1) is 13.7. The maximum absolute atomic E-state index is 6.18. The summed E-state index contributed by atoms with van der Waals surface area (Å²) >= 11 is 6.18. The fourth-order valence-corrected chi connectivity index (χ4v) is 3.00. The highest BCUT2D eigenvalue weighted by molar-refractivity contribution is 6.21. The van der Waals surface area contributed by atoms with Gasteiger partial charge in [-0.3, -0.25) is 4.68 Å². The summed E-state index contributed by atoms with van der Waals surface area (Å²) in [5.74, 6) is 0. The number of rotatable bonds is 5. The van der Waals surface area contributed by atoms with Crippen molar-refractivity contribution in [3.05, 3.63) is 29.6 Å². The van der Waals surface area contributed by atoms with Crippen LogP contribution in [-0.2, 0) is 6.42 Å². The molecule has 0 aliphatic heterocycles. The summed E-state index contributed by atoms with van der Waals surface area (Å²) in [4.78, 5) is 0. The van der Waals surface area contributed by atoms with Gasteiger partial charge in [0.25, 0.3) is 0 Å². The monoisotopic (exact) mass is 266 g/mol. The van der Waals surface area contributed by atoms with E-state index in [0.717, 1.165) is 25.7 Å². The standard InChI is InChI=1S/C15H23ClN2/c1-3-15(4-2)18-9-8-14(17-18)11-12-6-5-7-13(16)10-12/h8-10,13,15H,3-7,11H2,1-2H3. The first-order valence-electron chi connectivity index (χ1n) is 7.10. The Morgan fingerprint density at radius 2 is 2.22 bits per heavy atom. The molecule has 100 valence electrons. The van der Waals surface area contributed by atoms with Gasteiger partial charge in [-0.15, -0.1) is 11.6 Å². The van der Waals surface area contributed by atoms with Crippen molar-refractivity contribution in [1.29, 1.82) is 0 Å². The molecule has 0 saturated carbocycles. The van der Waals surface area contributed by atoms with Crippen LogP contribution < -0.4 is 0 Å². The van der Waals surface area contributed by atoms with Crippen LogP contribution in [0.3, 0.4) is 0 Å². The van der Waals surface area contributed by atoms with Crippen LogP contribution >= 0.6 is 11.6 Å². The first-order valence-corrected chi connectivity index (χ1v) is 7.54. The first-order chi connectivity index (χ1) is 8.72. The molecule has 1 aromatic rings. The van der Waals surface area contributed by atoms with E-state index in [1.54, 1.807) is 0 Å². The second-order valence-electron chi connectivity index (χ2n) is 5.17. The zero-order valence-corrected chi connectivity index (χ0v) is 12.2. The van der Waals surface area contributed by atoms with E-state index in [1.165, 1.54) is 24.1 Å². The number of hydrogen-bond donors (Lipinski definition) is 0. The predicted molar refractivity (Wildman–Crippen MR) is 77.1 cm³/mol. The molecule has 0 N–H and O–H groups in total. The lowest BCUT2D eigenvalue weighted by Crippen LogP contribution is -2.09. The zero-order chi connectivity index (χ0) is 13.0. The van der Waals surface area contributed by atoms with Crippen molar-refractivity contribution in [1.82, 2.24) is 9.78 Å². The van der Waals surface area contributed by atoms with E-state index in [1.807, 2.05) is 0 Å². The molecule has 0 bridgehead atoms. The molecule has 0 saturated heterocycles. The molecule has 0 amide bonds. The molecule has 1 heterocycles. The smallest absolute Gasteiger partial charge is 0.0665 e.